The van der Waals surface area contributed by atoms with Crippen LogP contribution in [0.3, 0.4) is 0 Å². The van der Waals surface area contributed by atoms with E-state index < -0.39 is 38.5 Å². The minimum absolute atomic E-state index is 0.0766. The second-order valence-electron chi connectivity index (χ2n) is 9.20. The number of piperidine rings is 1. The Labute approximate surface area is 210 Å². The highest BCUT2D eigenvalue weighted by Crippen LogP contribution is 2.39. The summed E-state index contributed by atoms with van der Waals surface area (Å²) in [4.78, 5) is 18.6. The van der Waals surface area contributed by atoms with Gasteiger partial charge in [-0.3, -0.25) is 4.90 Å². The van der Waals surface area contributed by atoms with Gasteiger partial charge in [-0.25, -0.2) is 13.4 Å². The van der Waals surface area contributed by atoms with E-state index in [0.717, 1.165) is 41.6 Å². The maximum atomic E-state index is 13.2. The zero-order chi connectivity index (χ0) is 28.4. The number of sulfone groups is 1. The summed E-state index contributed by atoms with van der Waals surface area (Å²) in [5, 5.41) is 8.78. The van der Waals surface area contributed by atoms with E-state index in [-0.39, 0.29) is 10.8 Å². The molecule has 0 amide bonds. The number of aliphatic carboxylic acids is 1. The summed E-state index contributed by atoms with van der Waals surface area (Å²) in [6, 6.07) is 5.73. The van der Waals surface area contributed by atoms with Crippen LogP contribution in [0.4, 0.5) is 32.3 Å². The molecule has 0 saturated carbocycles. The molecule has 2 aromatic rings. The fourth-order valence-corrected chi connectivity index (χ4v) is 5.81. The maximum Gasteiger partial charge on any atom is 0.430 e. The summed E-state index contributed by atoms with van der Waals surface area (Å²) in [6.07, 6.45) is -8.39. The Morgan fingerprint density at radius 2 is 1.51 bits per heavy atom. The van der Waals surface area contributed by atoms with Gasteiger partial charge in [0.25, 0.3) is 0 Å². The van der Waals surface area contributed by atoms with Crippen molar-refractivity contribution in [3.63, 3.8) is 0 Å². The van der Waals surface area contributed by atoms with Crippen molar-refractivity contribution in [3.8, 4) is 0 Å². The number of nitrogens with one attached hydrogen (secondary N) is 1. The van der Waals surface area contributed by atoms with Gasteiger partial charge in [-0.05, 0) is 70.7 Å². The zero-order valence-corrected chi connectivity index (χ0v) is 21.3. The highest BCUT2D eigenvalue weighted by Gasteiger charge is 2.45. The predicted molar refractivity (Wildman–Crippen MR) is 119 cm³/mol. The first-order valence-corrected chi connectivity index (χ1v) is 12.6. The van der Waals surface area contributed by atoms with Gasteiger partial charge in [0.2, 0.25) is 0 Å². The van der Waals surface area contributed by atoms with Crippen LogP contribution in [0.25, 0.3) is 0 Å². The molecule has 14 heteroatoms. The average molecular weight is 556 g/mol. The molecule has 3 rings (SSSR count). The number of anilines is 1. The highest BCUT2D eigenvalue weighted by atomic mass is 32.2. The fraction of sp³-hybridized carbons (Fsp3) is 0.522. The molecule has 37 heavy (non-hydrogen) atoms. The van der Waals surface area contributed by atoms with Crippen molar-refractivity contribution < 1.29 is 49.6 Å². The van der Waals surface area contributed by atoms with Crippen molar-refractivity contribution in [1.82, 2.24) is 4.98 Å². The number of aromatic nitrogens is 2. The molecule has 0 aliphatic carbocycles. The summed E-state index contributed by atoms with van der Waals surface area (Å²) < 4.78 is 95.3. The number of H-pyrrole nitrogens is 1. The number of carbonyl (C=O) groups excluding carboxylic acids is 1. The third-order valence-electron chi connectivity index (χ3n) is 6.21. The van der Waals surface area contributed by atoms with E-state index in [1.165, 1.54) is 0 Å². The zero-order valence-electron chi connectivity index (χ0n) is 20.5. The van der Waals surface area contributed by atoms with E-state index in [9.17, 15) is 34.8 Å². The van der Waals surface area contributed by atoms with E-state index in [2.05, 4.69) is 14.9 Å². The summed E-state index contributed by atoms with van der Waals surface area (Å²) in [6.45, 7) is 8.54. The number of benzene rings is 1. The molecule has 0 spiro atoms. The Bertz CT molecular complexity index is 1180. The van der Waals surface area contributed by atoms with Gasteiger partial charge < -0.3 is 9.90 Å². The number of aromatic amines is 1. The van der Waals surface area contributed by atoms with E-state index in [1.807, 2.05) is 19.9 Å². The lowest BCUT2D eigenvalue weighted by atomic mass is 9.86. The topological polar surface area (TPSA) is 105 Å². The van der Waals surface area contributed by atoms with Gasteiger partial charge in [0.15, 0.2) is 9.84 Å². The van der Waals surface area contributed by atoms with Gasteiger partial charge in [0.05, 0.1) is 34.0 Å². The molecule has 1 aliphatic heterocycles. The number of hydrogen-bond acceptors (Lipinski definition) is 6. The highest BCUT2D eigenvalue weighted by molar-refractivity contribution is 7.92. The number of nitrogens with zero attached hydrogens (tertiary/aromatic N) is 2. The van der Waals surface area contributed by atoms with E-state index in [1.54, 1.807) is 13.8 Å². The van der Waals surface area contributed by atoms with Crippen LogP contribution in [0.5, 0.6) is 0 Å². The Morgan fingerprint density at radius 1 is 1.03 bits per heavy atom. The van der Waals surface area contributed by atoms with Gasteiger partial charge in [-0.1, -0.05) is 4.98 Å². The Kier molecular flexibility index (Phi) is 8.88. The summed E-state index contributed by atoms with van der Waals surface area (Å²) in [5.74, 6) is -2.35. The third-order valence-corrected chi connectivity index (χ3v) is 8.82. The summed E-state index contributed by atoms with van der Waals surface area (Å²) in [7, 11) is -3.81. The molecule has 1 N–H and O–H groups in total. The molecule has 0 unspecified atom stereocenters. The normalized spacial score (nSPS) is 15.7. The van der Waals surface area contributed by atoms with Crippen molar-refractivity contribution in [2.75, 3.05) is 18.0 Å². The molecule has 0 radical (unpaired) electrons. The molecule has 0 bridgehead atoms. The van der Waals surface area contributed by atoms with Gasteiger partial charge in [-0.15, -0.1) is 0 Å². The molecule has 1 fully saturated rings. The van der Waals surface area contributed by atoms with Crippen LogP contribution in [-0.2, 0) is 20.8 Å². The standard InChI is InChI=1S/C21H26F3N3O2S.C2HF3O2/c1-14-13-15(2)26-19(25-14)27-11-9-16(10-12-27)20(3,4)30(28,29)18-7-5-17(6-8-18)21(22,23)24;3-2(4,5)1(6)7/h5-8,13,16H,9-12H2,1-4H3;(H,6,7). The number of alkyl halides is 6. The van der Waals surface area contributed by atoms with Crippen molar-refractivity contribution in [1.29, 1.82) is 0 Å². The smallest absolute Gasteiger partial charge is 0.430 e. The molecule has 7 nitrogen and oxygen atoms in total. The Balaban J connectivity index is 0.000000604. The minimum atomic E-state index is -5.19. The molecule has 1 aromatic carbocycles. The van der Waals surface area contributed by atoms with Crippen molar-refractivity contribution >= 4 is 21.8 Å². The summed E-state index contributed by atoms with van der Waals surface area (Å²) in [5.41, 5.74) is 1.06. The number of aryl methyl sites for hydroxylation is 2. The van der Waals surface area contributed by atoms with E-state index >= 15 is 0 Å². The number of halogens is 6. The molecular formula is C23H27F6N3O4S. The number of carboxylic acid groups (broad SMARTS) is 1. The van der Waals surface area contributed by atoms with E-state index in [4.69, 9.17) is 9.90 Å². The molecule has 2 heterocycles. The van der Waals surface area contributed by atoms with Crippen molar-refractivity contribution in [2.45, 2.75) is 62.5 Å². The van der Waals surface area contributed by atoms with Crippen LogP contribution >= 0.6 is 0 Å². The number of hydrogen-bond donors (Lipinski definition) is 0. The lowest BCUT2D eigenvalue weighted by Crippen LogP contribution is -2.47. The Morgan fingerprint density at radius 3 is 1.92 bits per heavy atom. The lowest BCUT2D eigenvalue weighted by Gasteiger charge is -2.38. The van der Waals surface area contributed by atoms with E-state index in [0.29, 0.717) is 25.9 Å². The first-order chi connectivity index (χ1) is 16.8. The van der Waals surface area contributed by atoms with Crippen LogP contribution in [0.2, 0.25) is 0 Å². The van der Waals surface area contributed by atoms with Gasteiger partial charge in [-0.2, -0.15) is 26.3 Å². The van der Waals surface area contributed by atoms with Crippen molar-refractivity contribution in [3.05, 3.63) is 47.3 Å². The third kappa shape index (κ3) is 7.33. The molecule has 206 valence electrons. The van der Waals surface area contributed by atoms with Crippen LogP contribution in [0.15, 0.2) is 35.2 Å². The van der Waals surface area contributed by atoms with Crippen LogP contribution in [-0.4, -0.2) is 43.4 Å². The molecule has 1 aromatic heterocycles. The second-order valence-corrected chi connectivity index (χ2v) is 11.7. The van der Waals surface area contributed by atoms with Gasteiger partial charge in [0, 0.05) is 6.07 Å². The molecule has 0 atom stereocenters. The Hall–Kier alpha value is -2.90. The predicted octanol–water partition coefficient (Wildman–Crippen LogP) is 3.30. The molecular weight excluding hydrogens is 528 g/mol. The first kappa shape index (κ1) is 30.3. The SMILES string of the molecule is Cc1cc(C)[nH+]c(N2CCC(C(C)(C)S(=O)(=O)c3ccc(C(F)(F)F)cc3)CC2)n1.O=C([O-])C(F)(F)F. The molecule has 1 saturated heterocycles. The second kappa shape index (κ2) is 10.8. The maximum absolute atomic E-state index is 13.2. The largest absolute Gasteiger partial charge is 0.542 e. The van der Waals surface area contributed by atoms with Gasteiger partial charge >= 0.3 is 18.3 Å². The molecule has 1 aliphatic rings. The monoisotopic (exact) mass is 555 g/mol. The lowest BCUT2D eigenvalue weighted by molar-refractivity contribution is -0.378. The van der Waals surface area contributed by atoms with Crippen molar-refractivity contribution in [2.24, 2.45) is 5.92 Å². The van der Waals surface area contributed by atoms with Crippen LogP contribution in [0, 0.1) is 19.8 Å². The van der Waals surface area contributed by atoms with Gasteiger partial charge in [0.1, 0.15) is 11.7 Å². The van der Waals surface area contributed by atoms with Crippen LogP contribution in [0.1, 0.15) is 43.6 Å². The number of carbonyl (C=O) groups is 1. The average Bonchev–Trinajstić information content (AvgIpc) is 2.77. The summed E-state index contributed by atoms with van der Waals surface area (Å²) >= 11 is 0. The minimum Gasteiger partial charge on any atom is -0.542 e. The number of carboxylic acids is 1. The quantitative estimate of drug-likeness (QED) is 0.537. The van der Waals surface area contributed by atoms with Crippen LogP contribution < -0.4 is 15.0 Å². The fourth-order valence-electron chi connectivity index (χ4n) is 4.04. The number of rotatable bonds is 4. The first-order valence-electron chi connectivity index (χ1n) is 11.1.